The van der Waals surface area contributed by atoms with Crippen molar-refractivity contribution in [3.63, 3.8) is 0 Å². The first kappa shape index (κ1) is 16.3. The molecule has 1 nitrogen and oxygen atoms in total. The average Bonchev–Trinajstić information content (AvgIpc) is 2.52. The van der Waals surface area contributed by atoms with E-state index in [-0.39, 0.29) is 11.1 Å². The molecule has 0 atom stereocenters. The third-order valence-corrected chi connectivity index (χ3v) is 9.58. The Labute approximate surface area is 141 Å². The highest BCUT2D eigenvalue weighted by Gasteiger charge is 2.53. The molecule has 2 aromatic carbocycles. The monoisotopic (exact) mass is 318 g/mol. The lowest BCUT2D eigenvalue weighted by molar-refractivity contribution is 0.304. The van der Waals surface area contributed by atoms with Gasteiger partial charge in [0, 0.05) is 15.8 Å². The maximum Gasteiger partial charge on any atom is 0.0659 e. The third kappa shape index (κ3) is 2.62. The van der Waals surface area contributed by atoms with Gasteiger partial charge in [-0.2, -0.15) is 12.4 Å². The first-order valence-electron chi connectivity index (χ1n) is 8.11. The van der Waals surface area contributed by atoms with Gasteiger partial charge < -0.3 is 0 Å². The van der Waals surface area contributed by atoms with Crippen molar-refractivity contribution in [1.29, 1.82) is 5.26 Å². The molecule has 1 saturated carbocycles. The zero-order valence-corrected chi connectivity index (χ0v) is 15.0. The highest BCUT2D eigenvalue weighted by molar-refractivity contribution is 8.09. The molecular weight excluding hydrogens is 296 g/mol. The highest BCUT2D eigenvalue weighted by Crippen LogP contribution is 2.71. The van der Waals surface area contributed by atoms with E-state index in [1.54, 1.807) is 0 Å². The van der Waals surface area contributed by atoms with Crippen LogP contribution >= 0.6 is 7.14 Å². The molecule has 0 amide bonds. The lowest BCUT2D eigenvalue weighted by Crippen LogP contribution is -2.49. The summed E-state index contributed by atoms with van der Waals surface area (Å²) in [6.07, 6.45) is 1.80. The second kappa shape index (κ2) is 5.81. The maximum absolute atomic E-state index is 9.22. The fraction of sp³-hybridized carbons (Fsp3) is 0.350. The molecule has 3 radical (unpaired) electrons. The topological polar surface area (TPSA) is 23.8 Å². The molecule has 0 bridgehead atoms. The van der Waals surface area contributed by atoms with Crippen LogP contribution in [0.3, 0.4) is 0 Å². The van der Waals surface area contributed by atoms with E-state index < -0.39 is 7.14 Å². The molecule has 0 unspecified atom stereocenters. The molecule has 0 saturated heterocycles. The van der Waals surface area contributed by atoms with Crippen LogP contribution in [0.4, 0.5) is 0 Å². The second-order valence-electron chi connectivity index (χ2n) is 7.13. The fourth-order valence-corrected chi connectivity index (χ4v) is 7.51. The quantitative estimate of drug-likeness (QED) is 0.619. The minimum atomic E-state index is -2.03. The molecule has 1 aliphatic carbocycles. The van der Waals surface area contributed by atoms with Crippen molar-refractivity contribution >= 4 is 25.3 Å². The number of benzene rings is 2. The number of nitriles is 1. The predicted octanol–water partition coefficient (Wildman–Crippen LogP) is 4.05. The number of nitrogens with zero attached hydrogens (tertiary/aromatic N) is 1. The number of aryl methyl sites for hydroxylation is 2. The summed E-state index contributed by atoms with van der Waals surface area (Å²) in [5.74, 6) is 0.152. The molecule has 115 valence electrons. The first-order valence-corrected chi connectivity index (χ1v) is 9.97. The Morgan fingerprint density at radius 1 is 0.957 bits per heavy atom. The average molecular weight is 318 g/mol. The molecule has 3 rings (SSSR count). The van der Waals surface area contributed by atoms with Crippen LogP contribution < -0.4 is 10.6 Å². The number of hydrogen-bond donors (Lipinski definition) is 0. The van der Waals surface area contributed by atoms with Gasteiger partial charge in [0.25, 0.3) is 0 Å². The Morgan fingerprint density at radius 2 is 1.35 bits per heavy atom. The SMILES string of the molecule is [B-][P+](c1ccc(C)cc1)(c1ccc(C)cc1)C1(C)CC(C#N)C1. The van der Waals surface area contributed by atoms with Crippen LogP contribution in [0.15, 0.2) is 48.5 Å². The molecule has 3 heteroatoms. The Hall–Kier alpha value is -1.58. The molecule has 23 heavy (non-hydrogen) atoms. The lowest BCUT2D eigenvalue weighted by Gasteiger charge is -2.57. The Morgan fingerprint density at radius 3 is 1.70 bits per heavy atom. The van der Waals surface area contributed by atoms with Crippen molar-refractivity contribution in [2.24, 2.45) is 5.92 Å². The first-order chi connectivity index (χ1) is 10.9. The zero-order chi connectivity index (χ0) is 16.7. The van der Waals surface area contributed by atoms with Crippen molar-refractivity contribution in [3.8, 4) is 6.07 Å². The Bertz CT molecular complexity index is 691. The van der Waals surface area contributed by atoms with E-state index in [1.165, 1.54) is 21.7 Å². The molecule has 0 spiro atoms. The highest BCUT2D eigenvalue weighted by atomic mass is 31.2. The Balaban J connectivity index is 2.12. The van der Waals surface area contributed by atoms with Gasteiger partial charge in [0.15, 0.2) is 0 Å². The van der Waals surface area contributed by atoms with Crippen LogP contribution in [0.1, 0.15) is 30.9 Å². The molecule has 1 aliphatic rings. The van der Waals surface area contributed by atoms with E-state index in [4.69, 9.17) is 7.57 Å². The standard InChI is InChI=1S/C20H22BNP/c1-15-4-8-18(9-5-15)23(21,19-10-6-16(2)7-11-19)20(3)12-17(13-20)14-22/h4-11,17H,12-13H2,1-3H3. The van der Waals surface area contributed by atoms with Gasteiger partial charge in [-0.3, -0.25) is 7.57 Å². The lowest BCUT2D eigenvalue weighted by atomic mass is 9.76. The maximum atomic E-state index is 9.22. The summed E-state index contributed by atoms with van der Waals surface area (Å²) >= 11 is 0. The van der Waals surface area contributed by atoms with Crippen LogP contribution in [0.2, 0.25) is 0 Å². The van der Waals surface area contributed by atoms with Crippen LogP contribution in [-0.4, -0.2) is 12.7 Å². The van der Waals surface area contributed by atoms with Crippen molar-refractivity contribution < 1.29 is 0 Å². The van der Waals surface area contributed by atoms with Crippen LogP contribution in [0, 0.1) is 31.1 Å². The normalized spacial score (nSPS) is 23.9. The number of hydrogen-bond acceptors (Lipinski definition) is 1. The van der Waals surface area contributed by atoms with Gasteiger partial charge in [-0.05, 0) is 57.9 Å². The second-order valence-corrected chi connectivity index (χ2v) is 10.7. The summed E-state index contributed by atoms with van der Waals surface area (Å²) in [5.41, 5.74) is 2.50. The summed E-state index contributed by atoms with van der Waals surface area (Å²) in [4.78, 5) is 0. The summed E-state index contributed by atoms with van der Waals surface area (Å²) < 4.78 is 0. The molecule has 0 N–H and O–H groups in total. The minimum absolute atomic E-state index is 0.0118. The molecule has 0 heterocycles. The van der Waals surface area contributed by atoms with E-state index in [9.17, 15) is 5.26 Å². The minimum Gasteiger partial charge on any atom is -0.291 e. The van der Waals surface area contributed by atoms with Gasteiger partial charge in [0.2, 0.25) is 0 Å². The van der Waals surface area contributed by atoms with Gasteiger partial charge >= 0.3 is 0 Å². The van der Waals surface area contributed by atoms with E-state index in [2.05, 4.69) is 75.4 Å². The van der Waals surface area contributed by atoms with Gasteiger partial charge in [-0.15, -0.1) is 0 Å². The summed E-state index contributed by atoms with van der Waals surface area (Å²) in [6.45, 7) is 6.47. The molecule has 2 aromatic rings. The van der Waals surface area contributed by atoms with E-state index in [1.807, 2.05) is 0 Å². The van der Waals surface area contributed by atoms with Gasteiger partial charge in [-0.1, -0.05) is 35.4 Å². The zero-order valence-electron chi connectivity index (χ0n) is 14.1. The molecule has 1 fully saturated rings. The molecular formula is C20H22BNP. The van der Waals surface area contributed by atoms with E-state index >= 15 is 0 Å². The largest absolute Gasteiger partial charge is 0.291 e. The van der Waals surface area contributed by atoms with Crippen molar-refractivity contribution in [3.05, 3.63) is 59.7 Å². The van der Waals surface area contributed by atoms with Crippen molar-refractivity contribution in [2.45, 2.75) is 38.8 Å². The van der Waals surface area contributed by atoms with Gasteiger partial charge in [-0.25, -0.2) is 0 Å². The van der Waals surface area contributed by atoms with Gasteiger partial charge in [0.1, 0.15) is 0 Å². The van der Waals surface area contributed by atoms with Crippen molar-refractivity contribution in [2.75, 3.05) is 0 Å². The third-order valence-electron chi connectivity index (χ3n) is 5.29. The van der Waals surface area contributed by atoms with E-state index in [0.29, 0.717) is 0 Å². The van der Waals surface area contributed by atoms with Crippen LogP contribution in [-0.2, 0) is 0 Å². The smallest absolute Gasteiger partial charge is 0.0659 e. The molecule has 0 aromatic heterocycles. The van der Waals surface area contributed by atoms with E-state index in [0.717, 1.165) is 12.8 Å². The molecule has 0 aliphatic heterocycles. The van der Waals surface area contributed by atoms with Crippen LogP contribution in [0.25, 0.3) is 0 Å². The predicted molar refractivity (Wildman–Crippen MR) is 101 cm³/mol. The summed E-state index contributed by atoms with van der Waals surface area (Å²) in [6, 6.07) is 19.8. The van der Waals surface area contributed by atoms with Gasteiger partial charge in [0.05, 0.1) is 12.0 Å². The fourth-order valence-electron chi connectivity index (χ4n) is 3.71. The summed E-state index contributed by atoms with van der Waals surface area (Å²) in [5, 5.41) is 11.7. The Kier molecular flexibility index (Phi) is 4.11. The van der Waals surface area contributed by atoms with Crippen LogP contribution in [0.5, 0.6) is 0 Å². The number of rotatable bonds is 3. The summed E-state index contributed by atoms with van der Waals surface area (Å²) in [7, 11) is 5.17. The van der Waals surface area contributed by atoms with Crippen molar-refractivity contribution in [1.82, 2.24) is 0 Å².